The van der Waals surface area contributed by atoms with E-state index in [4.69, 9.17) is 22.1 Å². The van der Waals surface area contributed by atoms with Crippen molar-refractivity contribution in [3.8, 4) is 5.75 Å². The first-order valence-corrected chi connectivity index (χ1v) is 7.80. The molecule has 0 saturated heterocycles. The van der Waals surface area contributed by atoms with Gasteiger partial charge >= 0.3 is 0 Å². The summed E-state index contributed by atoms with van der Waals surface area (Å²) in [7, 11) is 0. The van der Waals surface area contributed by atoms with Crippen LogP contribution in [0.3, 0.4) is 0 Å². The zero-order valence-electron chi connectivity index (χ0n) is 12.0. The molecule has 1 fully saturated rings. The van der Waals surface area contributed by atoms with E-state index in [2.05, 4.69) is 0 Å². The van der Waals surface area contributed by atoms with Crippen LogP contribution in [0.4, 0.5) is 0 Å². The van der Waals surface area contributed by atoms with Crippen molar-refractivity contribution in [2.24, 2.45) is 11.7 Å². The number of ether oxygens (including phenoxy) is 1. The van der Waals surface area contributed by atoms with E-state index in [0.717, 1.165) is 17.7 Å². The van der Waals surface area contributed by atoms with E-state index in [0.29, 0.717) is 17.5 Å². The molecule has 20 heavy (non-hydrogen) atoms. The molecule has 0 radical (unpaired) electrons. The summed E-state index contributed by atoms with van der Waals surface area (Å²) in [5.41, 5.74) is 6.80. The molecule has 1 saturated carbocycles. The fourth-order valence-electron chi connectivity index (χ4n) is 2.89. The average molecular weight is 298 g/mol. The molecule has 2 atom stereocenters. The van der Waals surface area contributed by atoms with Crippen molar-refractivity contribution < 1.29 is 9.84 Å². The van der Waals surface area contributed by atoms with E-state index in [1.807, 2.05) is 19.1 Å². The summed E-state index contributed by atoms with van der Waals surface area (Å²) in [5.74, 6) is 1.38. The highest BCUT2D eigenvalue weighted by atomic mass is 35.5. The van der Waals surface area contributed by atoms with Crippen LogP contribution in [-0.4, -0.2) is 17.8 Å². The largest absolute Gasteiger partial charge is 0.491 e. The van der Waals surface area contributed by atoms with Gasteiger partial charge in [0.25, 0.3) is 0 Å². The summed E-state index contributed by atoms with van der Waals surface area (Å²) < 4.78 is 5.74. The molecule has 3 nitrogen and oxygen atoms in total. The Bertz CT molecular complexity index is 430. The zero-order chi connectivity index (χ0) is 14.5. The lowest BCUT2D eigenvalue weighted by atomic mass is 10.0. The third-order valence-electron chi connectivity index (χ3n) is 3.97. The Balaban J connectivity index is 1.89. The normalized spacial score (nSPS) is 19.0. The van der Waals surface area contributed by atoms with Crippen molar-refractivity contribution >= 4 is 11.6 Å². The summed E-state index contributed by atoms with van der Waals surface area (Å²) in [6.07, 6.45) is 5.50. The smallest absolute Gasteiger partial charge is 0.124 e. The topological polar surface area (TPSA) is 55.5 Å². The first kappa shape index (κ1) is 15.6. The average Bonchev–Trinajstić information content (AvgIpc) is 2.90. The van der Waals surface area contributed by atoms with Crippen LogP contribution in [0, 0.1) is 5.92 Å². The number of hydrogen-bond acceptors (Lipinski definition) is 3. The SMILES string of the molecule is C[C@H](N)c1cc(Cl)ccc1OCC(O)CC1CCCC1. The fourth-order valence-corrected chi connectivity index (χ4v) is 3.07. The molecule has 0 heterocycles. The summed E-state index contributed by atoms with van der Waals surface area (Å²) >= 11 is 5.98. The highest BCUT2D eigenvalue weighted by Crippen LogP contribution is 2.30. The minimum Gasteiger partial charge on any atom is -0.491 e. The van der Waals surface area contributed by atoms with Gasteiger partial charge < -0.3 is 15.6 Å². The predicted octanol–water partition coefficient (Wildman–Crippen LogP) is 3.68. The van der Waals surface area contributed by atoms with Crippen LogP contribution in [0.2, 0.25) is 5.02 Å². The second-order valence-electron chi connectivity index (χ2n) is 5.82. The molecule has 2 rings (SSSR count). The van der Waals surface area contributed by atoms with Crippen molar-refractivity contribution in [3.63, 3.8) is 0 Å². The Morgan fingerprint density at radius 2 is 2.10 bits per heavy atom. The number of aliphatic hydroxyl groups excluding tert-OH is 1. The summed E-state index contributed by atoms with van der Waals surface area (Å²) in [6.45, 7) is 2.21. The molecular weight excluding hydrogens is 274 g/mol. The molecule has 0 aromatic heterocycles. The van der Waals surface area contributed by atoms with Crippen LogP contribution in [0.15, 0.2) is 18.2 Å². The first-order valence-electron chi connectivity index (χ1n) is 7.42. The van der Waals surface area contributed by atoms with Crippen molar-refractivity contribution in [1.29, 1.82) is 0 Å². The summed E-state index contributed by atoms with van der Waals surface area (Å²) in [5, 5.41) is 10.7. The third kappa shape index (κ3) is 4.37. The van der Waals surface area contributed by atoms with Gasteiger partial charge in [0.05, 0.1) is 6.10 Å². The van der Waals surface area contributed by atoms with Crippen molar-refractivity contribution in [2.45, 2.75) is 51.2 Å². The van der Waals surface area contributed by atoms with Crippen LogP contribution in [0.1, 0.15) is 50.6 Å². The zero-order valence-corrected chi connectivity index (χ0v) is 12.8. The van der Waals surface area contributed by atoms with Crippen LogP contribution >= 0.6 is 11.6 Å². The number of aliphatic hydroxyl groups is 1. The number of nitrogens with two attached hydrogens (primary N) is 1. The number of hydrogen-bond donors (Lipinski definition) is 2. The molecular formula is C16H24ClNO2. The Morgan fingerprint density at radius 1 is 1.40 bits per heavy atom. The monoisotopic (exact) mass is 297 g/mol. The van der Waals surface area contributed by atoms with Crippen LogP contribution in [-0.2, 0) is 0 Å². The fraction of sp³-hybridized carbons (Fsp3) is 0.625. The molecule has 3 N–H and O–H groups in total. The first-order chi connectivity index (χ1) is 9.56. The van der Waals surface area contributed by atoms with E-state index in [1.165, 1.54) is 25.7 Å². The maximum Gasteiger partial charge on any atom is 0.124 e. The Labute approximate surface area is 126 Å². The van der Waals surface area contributed by atoms with Crippen molar-refractivity contribution in [1.82, 2.24) is 0 Å². The maximum absolute atomic E-state index is 10.1. The van der Waals surface area contributed by atoms with Crippen molar-refractivity contribution in [3.05, 3.63) is 28.8 Å². The van der Waals surface area contributed by atoms with Gasteiger partial charge in [-0.15, -0.1) is 0 Å². The standard InChI is InChI=1S/C16H24ClNO2/c1-11(18)15-9-13(17)6-7-16(15)20-10-14(19)8-12-4-2-3-5-12/h6-7,9,11-12,14,19H,2-5,8,10,18H2,1H3/t11-,14?/m0/s1. The van der Waals surface area contributed by atoms with E-state index in [1.54, 1.807) is 6.07 Å². The molecule has 1 aliphatic rings. The van der Waals surface area contributed by atoms with E-state index in [-0.39, 0.29) is 6.04 Å². The van der Waals surface area contributed by atoms with Gasteiger partial charge in [0, 0.05) is 16.6 Å². The molecule has 1 aromatic rings. The number of rotatable bonds is 6. The molecule has 1 aromatic carbocycles. The highest BCUT2D eigenvalue weighted by molar-refractivity contribution is 6.30. The van der Waals surface area contributed by atoms with Gasteiger partial charge in [0.1, 0.15) is 12.4 Å². The molecule has 0 bridgehead atoms. The minimum absolute atomic E-state index is 0.143. The van der Waals surface area contributed by atoms with E-state index < -0.39 is 6.10 Å². The van der Waals surface area contributed by atoms with Gasteiger partial charge in [-0.05, 0) is 37.5 Å². The minimum atomic E-state index is -0.408. The van der Waals surface area contributed by atoms with E-state index >= 15 is 0 Å². The van der Waals surface area contributed by atoms with Crippen LogP contribution in [0.5, 0.6) is 5.75 Å². The molecule has 1 unspecified atom stereocenters. The lowest BCUT2D eigenvalue weighted by Crippen LogP contribution is -2.21. The van der Waals surface area contributed by atoms with Crippen LogP contribution < -0.4 is 10.5 Å². The molecule has 112 valence electrons. The Morgan fingerprint density at radius 3 is 2.75 bits per heavy atom. The predicted molar refractivity (Wildman–Crippen MR) is 82.1 cm³/mol. The third-order valence-corrected chi connectivity index (χ3v) is 4.21. The summed E-state index contributed by atoms with van der Waals surface area (Å²) in [6, 6.07) is 5.29. The number of halogens is 1. The van der Waals surface area contributed by atoms with Gasteiger partial charge in [-0.2, -0.15) is 0 Å². The second kappa shape index (κ2) is 7.30. The van der Waals surface area contributed by atoms with Gasteiger partial charge in [-0.25, -0.2) is 0 Å². The van der Waals surface area contributed by atoms with Crippen molar-refractivity contribution in [2.75, 3.05) is 6.61 Å². The van der Waals surface area contributed by atoms with Gasteiger partial charge in [0.15, 0.2) is 0 Å². The summed E-state index contributed by atoms with van der Waals surface area (Å²) in [4.78, 5) is 0. The number of benzene rings is 1. The van der Waals surface area contributed by atoms with Gasteiger partial charge in [-0.1, -0.05) is 37.3 Å². The molecule has 0 amide bonds. The highest BCUT2D eigenvalue weighted by Gasteiger charge is 2.19. The lowest BCUT2D eigenvalue weighted by molar-refractivity contribution is 0.0849. The van der Waals surface area contributed by atoms with Crippen LogP contribution in [0.25, 0.3) is 0 Å². The molecule has 4 heteroatoms. The van der Waals surface area contributed by atoms with E-state index in [9.17, 15) is 5.11 Å². The lowest BCUT2D eigenvalue weighted by Gasteiger charge is -2.18. The van der Waals surface area contributed by atoms with Gasteiger partial charge in [-0.3, -0.25) is 0 Å². The molecule has 1 aliphatic carbocycles. The Hall–Kier alpha value is -0.770. The van der Waals surface area contributed by atoms with Gasteiger partial charge in [0.2, 0.25) is 0 Å². The Kier molecular flexibility index (Phi) is 5.70. The maximum atomic E-state index is 10.1. The quantitative estimate of drug-likeness (QED) is 0.842. The molecule has 0 aliphatic heterocycles. The second-order valence-corrected chi connectivity index (χ2v) is 6.26. The molecule has 0 spiro atoms.